The quantitative estimate of drug-likeness (QED) is 0.346. The number of nitrogens with zero attached hydrogens (tertiary/aromatic N) is 4. The van der Waals surface area contributed by atoms with Crippen LogP contribution in [0.5, 0.6) is 0 Å². The number of nitrogens with one attached hydrogen (secondary N) is 2. The van der Waals surface area contributed by atoms with Gasteiger partial charge in [0.25, 0.3) is 5.91 Å². The number of rotatable bonds is 6. The minimum atomic E-state index is -0.0586. The third-order valence-corrected chi connectivity index (χ3v) is 5.54. The highest BCUT2D eigenvalue weighted by Crippen LogP contribution is 2.27. The van der Waals surface area contributed by atoms with Crippen LogP contribution in [-0.4, -0.2) is 59.5 Å². The standard InChI is InChI=1S/C22H32N6O.HI/c1-4-25-22(26-10-8-18-6-5-7-19(14-18)21(29)23-3)27-12-9-17(2)20(15-27)28-13-11-24-16-28;/h5-7,11,13-14,16-17,20H,4,8-10,12,15H2,1-3H3,(H,23,29)(H,25,26);1H. The minimum absolute atomic E-state index is 0. The van der Waals surface area contributed by atoms with E-state index in [4.69, 9.17) is 4.99 Å². The summed E-state index contributed by atoms with van der Waals surface area (Å²) in [4.78, 5) is 23.3. The Morgan fingerprint density at radius 1 is 1.37 bits per heavy atom. The molecule has 2 atom stereocenters. The molecule has 1 saturated heterocycles. The number of guanidine groups is 1. The maximum Gasteiger partial charge on any atom is 0.251 e. The number of halogens is 1. The molecule has 1 amide bonds. The highest BCUT2D eigenvalue weighted by molar-refractivity contribution is 14.0. The highest BCUT2D eigenvalue weighted by atomic mass is 127. The second-order valence-electron chi connectivity index (χ2n) is 7.55. The Bertz CT molecular complexity index is 823. The number of hydrogen-bond acceptors (Lipinski definition) is 3. The van der Waals surface area contributed by atoms with Crippen molar-refractivity contribution in [2.45, 2.75) is 32.7 Å². The van der Waals surface area contributed by atoms with Gasteiger partial charge in [0.05, 0.1) is 12.4 Å². The maximum atomic E-state index is 11.8. The zero-order valence-corrected chi connectivity index (χ0v) is 20.4. The van der Waals surface area contributed by atoms with E-state index in [1.54, 1.807) is 7.05 Å². The predicted octanol–water partition coefficient (Wildman–Crippen LogP) is 2.95. The molecule has 2 heterocycles. The summed E-state index contributed by atoms with van der Waals surface area (Å²) in [5.74, 6) is 1.51. The van der Waals surface area contributed by atoms with Crippen LogP contribution in [0.25, 0.3) is 0 Å². The average molecular weight is 524 g/mol. The number of carbonyl (C=O) groups excluding carboxylic acids is 1. The number of piperidine rings is 1. The van der Waals surface area contributed by atoms with Crippen LogP contribution in [0, 0.1) is 5.92 Å². The van der Waals surface area contributed by atoms with Crippen molar-refractivity contribution in [2.75, 3.05) is 33.2 Å². The first-order valence-electron chi connectivity index (χ1n) is 10.4. The van der Waals surface area contributed by atoms with Crippen molar-refractivity contribution < 1.29 is 4.79 Å². The third-order valence-electron chi connectivity index (χ3n) is 5.54. The van der Waals surface area contributed by atoms with E-state index in [2.05, 4.69) is 38.9 Å². The Morgan fingerprint density at radius 2 is 2.20 bits per heavy atom. The van der Waals surface area contributed by atoms with Crippen LogP contribution < -0.4 is 10.6 Å². The molecule has 1 fully saturated rings. The number of aliphatic imine (C=N–C) groups is 1. The fraction of sp³-hybridized carbons (Fsp3) is 0.500. The monoisotopic (exact) mass is 524 g/mol. The fourth-order valence-electron chi connectivity index (χ4n) is 3.82. The first kappa shape index (κ1) is 24.2. The van der Waals surface area contributed by atoms with Gasteiger partial charge in [-0.2, -0.15) is 0 Å². The fourth-order valence-corrected chi connectivity index (χ4v) is 3.82. The van der Waals surface area contributed by atoms with E-state index in [1.807, 2.05) is 43.0 Å². The Hall–Kier alpha value is -2.10. The Balaban J connectivity index is 0.00000320. The van der Waals surface area contributed by atoms with Gasteiger partial charge in [0, 0.05) is 51.2 Å². The Labute approximate surface area is 196 Å². The lowest BCUT2D eigenvalue weighted by Crippen LogP contribution is -2.49. The van der Waals surface area contributed by atoms with E-state index >= 15 is 0 Å². The zero-order chi connectivity index (χ0) is 20.6. The SMILES string of the molecule is CCNC(=NCCc1cccc(C(=O)NC)c1)N1CCC(C)C(n2ccnc2)C1.I. The third kappa shape index (κ3) is 6.20. The number of imidazole rings is 1. The Morgan fingerprint density at radius 3 is 2.90 bits per heavy atom. The van der Waals surface area contributed by atoms with E-state index in [-0.39, 0.29) is 29.9 Å². The molecule has 0 saturated carbocycles. The highest BCUT2D eigenvalue weighted by Gasteiger charge is 2.28. The lowest BCUT2D eigenvalue weighted by atomic mass is 9.93. The van der Waals surface area contributed by atoms with Crippen LogP contribution in [-0.2, 0) is 6.42 Å². The minimum Gasteiger partial charge on any atom is -0.357 e. The number of amides is 1. The summed E-state index contributed by atoms with van der Waals surface area (Å²) in [5.41, 5.74) is 1.81. The van der Waals surface area contributed by atoms with E-state index < -0.39 is 0 Å². The number of hydrogen-bond donors (Lipinski definition) is 2. The van der Waals surface area contributed by atoms with Gasteiger partial charge < -0.3 is 20.1 Å². The molecule has 1 aliphatic heterocycles. The second-order valence-corrected chi connectivity index (χ2v) is 7.55. The van der Waals surface area contributed by atoms with Gasteiger partial charge in [-0.3, -0.25) is 9.79 Å². The number of benzene rings is 1. The van der Waals surface area contributed by atoms with Gasteiger partial charge in [0.1, 0.15) is 0 Å². The normalized spacial score (nSPS) is 19.2. The van der Waals surface area contributed by atoms with Crippen LogP contribution in [0.2, 0.25) is 0 Å². The van der Waals surface area contributed by atoms with Crippen molar-refractivity contribution >= 4 is 35.8 Å². The molecular formula is C22H33IN6O. The van der Waals surface area contributed by atoms with Crippen molar-refractivity contribution in [1.29, 1.82) is 0 Å². The molecule has 0 bridgehead atoms. The summed E-state index contributed by atoms with van der Waals surface area (Å²) in [6.07, 6.45) is 7.73. The lowest BCUT2D eigenvalue weighted by Gasteiger charge is -2.39. The first-order valence-corrected chi connectivity index (χ1v) is 10.4. The number of aromatic nitrogens is 2. The van der Waals surface area contributed by atoms with E-state index in [0.717, 1.165) is 44.0 Å². The van der Waals surface area contributed by atoms with Crippen LogP contribution in [0.4, 0.5) is 0 Å². The summed E-state index contributed by atoms with van der Waals surface area (Å²) in [5, 5.41) is 6.12. The van der Waals surface area contributed by atoms with Crippen molar-refractivity contribution in [3.8, 4) is 0 Å². The average Bonchev–Trinajstić information content (AvgIpc) is 3.28. The largest absolute Gasteiger partial charge is 0.357 e. The molecule has 1 aromatic carbocycles. The Kier molecular flexibility index (Phi) is 9.61. The van der Waals surface area contributed by atoms with Gasteiger partial charge >= 0.3 is 0 Å². The molecule has 2 aromatic rings. The summed E-state index contributed by atoms with van der Waals surface area (Å²) < 4.78 is 2.21. The lowest BCUT2D eigenvalue weighted by molar-refractivity contribution is 0.0963. The van der Waals surface area contributed by atoms with E-state index in [9.17, 15) is 4.79 Å². The molecule has 7 nitrogen and oxygen atoms in total. The van der Waals surface area contributed by atoms with Gasteiger partial charge in [-0.25, -0.2) is 4.98 Å². The molecular weight excluding hydrogens is 491 g/mol. The molecule has 2 N–H and O–H groups in total. The van der Waals surface area contributed by atoms with E-state index in [0.29, 0.717) is 24.1 Å². The van der Waals surface area contributed by atoms with Crippen molar-refractivity contribution in [2.24, 2.45) is 10.9 Å². The van der Waals surface area contributed by atoms with Gasteiger partial charge in [-0.05, 0) is 43.4 Å². The summed E-state index contributed by atoms with van der Waals surface area (Å²) in [6, 6.07) is 8.15. The molecule has 8 heteroatoms. The summed E-state index contributed by atoms with van der Waals surface area (Å²) in [6.45, 7) is 7.86. The van der Waals surface area contributed by atoms with Crippen molar-refractivity contribution in [3.63, 3.8) is 0 Å². The molecule has 2 unspecified atom stereocenters. The molecule has 3 rings (SSSR count). The van der Waals surface area contributed by atoms with Gasteiger partial charge in [-0.1, -0.05) is 19.1 Å². The van der Waals surface area contributed by atoms with Gasteiger partial charge in [-0.15, -0.1) is 24.0 Å². The zero-order valence-electron chi connectivity index (χ0n) is 18.0. The molecule has 1 aromatic heterocycles. The molecule has 30 heavy (non-hydrogen) atoms. The molecule has 164 valence electrons. The smallest absolute Gasteiger partial charge is 0.251 e. The second kappa shape index (κ2) is 11.9. The van der Waals surface area contributed by atoms with E-state index in [1.165, 1.54) is 0 Å². The maximum absolute atomic E-state index is 11.8. The van der Waals surface area contributed by atoms with Crippen LogP contribution >= 0.6 is 24.0 Å². The van der Waals surface area contributed by atoms with Crippen molar-refractivity contribution in [1.82, 2.24) is 25.1 Å². The van der Waals surface area contributed by atoms with Crippen LogP contribution in [0.3, 0.4) is 0 Å². The molecule has 0 spiro atoms. The van der Waals surface area contributed by atoms with Crippen LogP contribution in [0.15, 0.2) is 48.0 Å². The first-order chi connectivity index (χ1) is 14.1. The number of likely N-dealkylation sites (tertiary alicyclic amines) is 1. The number of carbonyl (C=O) groups is 1. The predicted molar refractivity (Wildman–Crippen MR) is 132 cm³/mol. The van der Waals surface area contributed by atoms with Crippen LogP contribution in [0.1, 0.15) is 42.2 Å². The summed E-state index contributed by atoms with van der Waals surface area (Å²) in [7, 11) is 1.65. The topological polar surface area (TPSA) is 74.6 Å². The molecule has 0 radical (unpaired) electrons. The molecule has 0 aliphatic carbocycles. The van der Waals surface area contributed by atoms with Gasteiger partial charge in [0.2, 0.25) is 0 Å². The molecule has 1 aliphatic rings. The van der Waals surface area contributed by atoms with Crippen molar-refractivity contribution in [3.05, 3.63) is 54.1 Å². The van der Waals surface area contributed by atoms with Gasteiger partial charge in [0.15, 0.2) is 5.96 Å². The summed E-state index contributed by atoms with van der Waals surface area (Å²) >= 11 is 0.